The first-order valence-corrected chi connectivity index (χ1v) is 7.84. The van der Waals surface area contributed by atoms with Crippen molar-refractivity contribution in [1.29, 1.82) is 0 Å². The van der Waals surface area contributed by atoms with Gasteiger partial charge in [-0.1, -0.05) is 18.2 Å². The molecule has 4 heteroatoms. The van der Waals surface area contributed by atoms with E-state index in [0.29, 0.717) is 24.6 Å². The van der Waals surface area contributed by atoms with Crippen molar-refractivity contribution in [2.45, 2.75) is 32.7 Å². The topological polar surface area (TPSA) is 38.8 Å². The highest BCUT2D eigenvalue weighted by Gasteiger charge is 2.23. The molecule has 0 fully saturated rings. The Morgan fingerprint density at radius 3 is 2.59 bits per heavy atom. The summed E-state index contributed by atoms with van der Waals surface area (Å²) in [6.45, 7) is 3.35. The Morgan fingerprint density at radius 2 is 2.00 bits per heavy atom. The van der Waals surface area contributed by atoms with Crippen molar-refractivity contribution in [2.75, 3.05) is 20.8 Å². The number of rotatable bonds is 6. The van der Waals surface area contributed by atoms with E-state index in [2.05, 4.69) is 12.2 Å². The van der Waals surface area contributed by atoms with Gasteiger partial charge in [0, 0.05) is 19.0 Å². The van der Waals surface area contributed by atoms with Gasteiger partial charge in [0.05, 0.1) is 14.2 Å². The Kier molecular flexibility index (Phi) is 5.87. The SMILES string of the molecule is CCN(Cc1ccc(OC)c(OC)c1)C(=O)C1CC=CCC1. The second-order valence-electron chi connectivity index (χ2n) is 5.52. The Hall–Kier alpha value is -1.97. The molecule has 0 N–H and O–H groups in total. The number of allylic oxidation sites excluding steroid dienone is 2. The summed E-state index contributed by atoms with van der Waals surface area (Å²) in [6, 6.07) is 5.81. The van der Waals surface area contributed by atoms with Gasteiger partial charge in [-0.3, -0.25) is 4.79 Å². The highest BCUT2D eigenvalue weighted by molar-refractivity contribution is 5.79. The molecule has 1 aromatic carbocycles. The zero-order valence-corrected chi connectivity index (χ0v) is 13.7. The van der Waals surface area contributed by atoms with Crippen LogP contribution in [0.25, 0.3) is 0 Å². The molecule has 1 atom stereocenters. The summed E-state index contributed by atoms with van der Waals surface area (Å²) in [5.41, 5.74) is 1.05. The molecule has 0 saturated heterocycles. The van der Waals surface area contributed by atoms with Crippen molar-refractivity contribution < 1.29 is 14.3 Å². The summed E-state index contributed by atoms with van der Waals surface area (Å²) < 4.78 is 10.6. The second-order valence-corrected chi connectivity index (χ2v) is 5.52. The predicted molar refractivity (Wildman–Crippen MR) is 87.1 cm³/mol. The van der Waals surface area contributed by atoms with E-state index < -0.39 is 0 Å². The number of nitrogens with zero attached hydrogens (tertiary/aromatic N) is 1. The van der Waals surface area contributed by atoms with Gasteiger partial charge in [-0.2, -0.15) is 0 Å². The van der Waals surface area contributed by atoms with Crippen molar-refractivity contribution >= 4 is 5.91 Å². The maximum Gasteiger partial charge on any atom is 0.226 e. The highest BCUT2D eigenvalue weighted by Crippen LogP contribution is 2.28. The van der Waals surface area contributed by atoms with Gasteiger partial charge >= 0.3 is 0 Å². The molecule has 0 bridgehead atoms. The minimum Gasteiger partial charge on any atom is -0.493 e. The zero-order chi connectivity index (χ0) is 15.9. The summed E-state index contributed by atoms with van der Waals surface area (Å²) in [5, 5.41) is 0. The molecule has 0 saturated carbocycles. The third kappa shape index (κ3) is 3.81. The van der Waals surface area contributed by atoms with Crippen molar-refractivity contribution in [3.05, 3.63) is 35.9 Å². The number of carbonyl (C=O) groups excluding carboxylic acids is 1. The molecule has 0 heterocycles. The van der Waals surface area contributed by atoms with Crippen LogP contribution in [0, 0.1) is 5.92 Å². The lowest BCUT2D eigenvalue weighted by atomic mass is 9.93. The van der Waals surface area contributed by atoms with Gasteiger partial charge in [-0.15, -0.1) is 0 Å². The Balaban J connectivity index is 2.09. The quantitative estimate of drug-likeness (QED) is 0.756. The van der Waals surface area contributed by atoms with Crippen LogP contribution in [0.1, 0.15) is 31.7 Å². The number of hydrogen-bond acceptors (Lipinski definition) is 3. The highest BCUT2D eigenvalue weighted by atomic mass is 16.5. The fourth-order valence-electron chi connectivity index (χ4n) is 2.82. The molecule has 0 spiro atoms. The summed E-state index contributed by atoms with van der Waals surface area (Å²) >= 11 is 0. The zero-order valence-electron chi connectivity index (χ0n) is 13.7. The number of hydrogen-bond donors (Lipinski definition) is 0. The largest absolute Gasteiger partial charge is 0.493 e. The van der Waals surface area contributed by atoms with Gasteiger partial charge < -0.3 is 14.4 Å². The number of amides is 1. The molecular weight excluding hydrogens is 278 g/mol. The number of benzene rings is 1. The van der Waals surface area contributed by atoms with Gasteiger partial charge in [0.25, 0.3) is 0 Å². The predicted octanol–water partition coefficient (Wildman–Crippen LogP) is 3.41. The maximum absolute atomic E-state index is 12.6. The molecule has 0 radical (unpaired) electrons. The number of carbonyl (C=O) groups is 1. The lowest BCUT2D eigenvalue weighted by molar-refractivity contribution is -0.136. The fraction of sp³-hybridized carbons (Fsp3) is 0.500. The monoisotopic (exact) mass is 303 g/mol. The summed E-state index contributed by atoms with van der Waals surface area (Å²) in [6.07, 6.45) is 7.11. The smallest absolute Gasteiger partial charge is 0.226 e. The van der Waals surface area contributed by atoms with Crippen molar-refractivity contribution in [2.24, 2.45) is 5.92 Å². The van der Waals surface area contributed by atoms with Gasteiger partial charge in [-0.25, -0.2) is 0 Å². The van der Waals surface area contributed by atoms with Crippen LogP contribution >= 0.6 is 0 Å². The van der Waals surface area contributed by atoms with Crippen LogP contribution in [-0.2, 0) is 11.3 Å². The van der Waals surface area contributed by atoms with Crippen molar-refractivity contribution in [3.8, 4) is 11.5 Å². The van der Waals surface area contributed by atoms with Crippen molar-refractivity contribution in [1.82, 2.24) is 4.90 Å². The molecule has 1 amide bonds. The van der Waals surface area contributed by atoms with Gasteiger partial charge in [0.15, 0.2) is 11.5 Å². The minimum absolute atomic E-state index is 0.130. The van der Waals surface area contributed by atoms with Crippen LogP contribution in [0.15, 0.2) is 30.4 Å². The van der Waals surface area contributed by atoms with E-state index in [1.54, 1.807) is 14.2 Å². The van der Waals surface area contributed by atoms with Gasteiger partial charge in [0.2, 0.25) is 5.91 Å². The maximum atomic E-state index is 12.6. The van der Waals surface area contributed by atoms with Crippen LogP contribution in [0.2, 0.25) is 0 Å². The molecule has 1 aromatic rings. The van der Waals surface area contributed by atoms with Crippen LogP contribution in [-0.4, -0.2) is 31.6 Å². The average molecular weight is 303 g/mol. The first-order valence-electron chi connectivity index (χ1n) is 7.84. The Morgan fingerprint density at radius 1 is 1.23 bits per heavy atom. The first kappa shape index (κ1) is 16.4. The fourth-order valence-corrected chi connectivity index (χ4v) is 2.82. The summed E-state index contributed by atoms with van der Waals surface area (Å²) in [7, 11) is 3.24. The Labute approximate surface area is 132 Å². The van der Waals surface area contributed by atoms with E-state index in [-0.39, 0.29) is 11.8 Å². The number of methoxy groups -OCH3 is 2. The molecule has 2 rings (SSSR count). The molecule has 120 valence electrons. The van der Waals surface area contributed by atoms with E-state index in [1.165, 1.54) is 0 Å². The molecule has 1 aliphatic rings. The van der Waals surface area contributed by atoms with Crippen LogP contribution < -0.4 is 9.47 Å². The van der Waals surface area contributed by atoms with E-state index >= 15 is 0 Å². The van der Waals surface area contributed by atoms with Crippen LogP contribution in [0.5, 0.6) is 11.5 Å². The van der Waals surface area contributed by atoms with E-state index in [4.69, 9.17) is 9.47 Å². The van der Waals surface area contributed by atoms with Gasteiger partial charge in [-0.05, 0) is 43.9 Å². The first-order chi connectivity index (χ1) is 10.7. The third-order valence-corrected chi connectivity index (χ3v) is 4.13. The standard InChI is InChI=1S/C18H25NO3/c1-4-19(18(20)15-8-6-5-7-9-15)13-14-10-11-16(21-2)17(12-14)22-3/h5-6,10-12,15H,4,7-9,13H2,1-3H3. The summed E-state index contributed by atoms with van der Waals surface area (Å²) in [4.78, 5) is 14.6. The Bertz CT molecular complexity index is 539. The lowest BCUT2D eigenvalue weighted by Gasteiger charge is -2.27. The third-order valence-electron chi connectivity index (χ3n) is 4.13. The number of ether oxygens (including phenoxy) is 2. The molecular formula is C18H25NO3. The summed E-state index contributed by atoms with van der Waals surface area (Å²) in [5.74, 6) is 1.79. The van der Waals surface area contributed by atoms with Crippen LogP contribution in [0.4, 0.5) is 0 Å². The average Bonchev–Trinajstić information content (AvgIpc) is 2.59. The molecule has 0 aromatic heterocycles. The van der Waals surface area contributed by atoms with E-state index in [9.17, 15) is 4.79 Å². The molecule has 0 aliphatic heterocycles. The van der Waals surface area contributed by atoms with E-state index in [1.807, 2.05) is 30.0 Å². The second kappa shape index (κ2) is 7.87. The van der Waals surface area contributed by atoms with Gasteiger partial charge in [0.1, 0.15) is 0 Å². The molecule has 1 aliphatic carbocycles. The molecule has 1 unspecified atom stereocenters. The lowest BCUT2D eigenvalue weighted by Crippen LogP contribution is -2.36. The van der Waals surface area contributed by atoms with Crippen LogP contribution in [0.3, 0.4) is 0 Å². The normalized spacial score (nSPS) is 17.1. The van der Waals surface area contributed by atoms with Crippen molar-refractivity contribution in [3.63, 3.8) is 0 Å². The van der Waals surface area contributed by atoms with E-state index in [0.717, 1.165) is 24.8 Å². The molecule has 4 nitrogen and oxygen atoms in total. The molecule has 22 heavy (non-hydrogen) atoms. The minimum atomic E-state index is 0.130.